The first-order chi connectivity index (χ1) is 16.1. The van der Waals surface area contributed by atoms with Crippen LogP contribution in [0.4, 0.5) is 11.4 Å². The lowest BCUT2D eigenvalue weighted by Gasteiger charge is -2.36. The normalized spacial score (nSPS) is 14.5. The Morgan fingerprint density at radius 1 is 0.879 bits per heavy atom. The fraction of sp³-hybridized carbons (Fsp3) is 0.276. The van der Waals surface area contributed by atoms with Crippen LogP contribution in [0.3, 0.4) is 0 Å². The molecule has 3 nitrogen and oxygen atoms in total. The van der Waals surface area contributed by atoms with Crippen LogP contribution < -0.4 is 14.8 Å². The molecule has 0 saturated heterocycles. The minimum Gasteiger partial charge on any atom is -0.338 e. The Bertz CT molecular complexity index is 1370. The standard InChI is InChI=1S/C29H31BN3/c1-20(2)24-15-9-14-23-13-8-12-22-11-5-6-16-25(22)33-26-17-7-10-21(3)27(26)29-31(4)18-19-32(29)30(33)28(23)24/h5-7,9-11,14-20H,8,12-13H2,1-4H3/q+1. The van der Waals surface area contributed by atoms with E-state index in [0.717, 1.165) is 12.8 Å². The number of rotatable bonds is 1. The molecule has 0 fully saturated rings. The van der Waals surface area contributed by atoms with Crippen molar-refractivity contribution in [3.8, 4) is 11.4 Å². The predicted molar refractivity (Wildman–Crippen MR) is 138 cm³/mol. The molecule has 2 aliphatic heterocycles. The number of hydrogen-bond donors (Lipinski definition) is 0. The quantitative estimate of drug-likeness (QED) is 0.372. The van der Waals surface area contributed by atoms with Crippen molar-refractivity contribution >= 4 is 23.8 Å². The maximum atomic E-state index is 2.63. The third-order valence-electron chi connectivity index (χ3n) is 7.53. The van der Waals surface area contributed by atoms with Crippen LogP contribution >= 0.6 is 0 Å². The summed E-state index contributed by atoms with van der Waals surface area (Å²) in [4.78, 5) is 2.63. The van der Waals surface area contributed by atoms with Crippen LogP contribution in [0, 0.1) is 6.92 Å². The molecule has 0 unspecified atom stereocenters. The van der Waals surface area contributed by atoms with Gasteiger partial charge in [-0.2, -0.15) is 0 Å². The van der Waals surface area contributed by atoms with Gasteiger partial charge in [-0.25, -0.2) is 4.57 Å². The van der Waals surface area contributed by atoms with Crippen molar-refractivity contribution in [3.63, 3.8) is 0 Å². The lowest BCUT2D eigenvalue weighted by molar-refractivity contribution is -0.523. The van der Waals surface area contributed by atoms with Gasteiger partial charge in [0.15, 0.2) is 0 Å². The molecule has 33 heavy (non-hydrogen) atoms. The summed E-state index contributed by atoms with van der Waals surface area (Å²) in [7, 11) is 2.18. The molecular formula is C29H31BN3+. The highest BCUT2D eigenvalue weighted by molar-refractivity contribution is 6.72. The Morgan fingerprint density at radius 3 is 2.45 bits per heavy atom. The average molecular weight is 432 g/mol. The van der Waals surface area contributed by atoms with Crippen molar-refractivity contribution in [1.29, 1.82) is 0 Å². The fourth-order valence-corrected chi connectivity index (χ4v) is 6.02. The SMILES string of the molecule is Cc1cccc2c1-c1n(C)cc[n+]1B1c3c(cccc3C(C)C)CCCc3ccccc3N12. The second kappa shape index (κ2) is 7.66. The molecule has 1 aromatic heterocycles. The van der Waals surface area contributed by atoms with Gasteiger partial charge in [-0.05, 0) is 66.5 Å². The van der Waals surface area contributed by atoms with Crippen LogP contribution in [0.5, 0.6) is 0 Å². The van der Waals surface area contributed by atoms with Gasteiger partial charge in [0.2, 0.25) is 0 Å². The lowest BCUT2D eigenvalue weighted by atomic mass is 9.58. The van der Waals surface area contributed by atoms with Crippen LogP contribution in [0.1, 0.15) is 48.4 Å². The van der Waals surface area contributed by atoms with Crippen LogP contribution in [0.2, 0.25) is 0 Å². The first-order valence-corrected chi connectivity index (χ1v) is 12.2. The summed E-state index contributed by atoms with van der Waals surface area (Å²) in [5.41, 5.74) is 11.2. The first kappa shape index (κ1) is 20.3. The van der Waals surface area contributed by atoms with Crippen LogP contribution in [-0.4, -0.2) is 11.5 Å². The third kappa shape index (κ3) is 3.00. The molecule has 0 amide bonds. The van der Waals surface area contributed by atoms with Gasteiger partial charge in [0.05, 0.1) is 12.6 Å². The van der Waals surface area contributed by atoms with E-state index in [9.17, 15) is 0 Å². The minimum absolute atomic E-state index is 0.0864. The number of aromatic nitrogens is 2. The monoisotopic (exact) mass is 432 g/mol. The van der Waals surface area contributed by atoms with E-state index in [1.807, 2.05) is 0 Å². The number of imidazole rings is 1. The molecular weight excluding hydrogens is 401 g/mol. The molecule has 0 radical (unpaired) electrons. The highest BCUT2D eigenvalue weighted by atomic mass is 15.2. The third-order valence-corrected chi connectivity index (χ3v) is 7.53. The topological polar surface area (TPSA) is 12.0 Å². The maximum absolute atomic E-state index is 2.63. The van der Waals surface area contributed by atoms with Crippen LogP contribution in [-0.2, 0) is 19.9 Å². The molecule has 2 aliphatic rings. The Hall–Kier alpha value is -3.27. The highest BCUT2D eigenvalue weighted by Crippen LogP contribution is 2.42. The Kier molecular flexibility index (Phi) is 4.72. The lowest BCUT2D eigenvalue weighted by Crippen LogP contribution is -2.71. The highest BCUT2D eigenvalue weighted by Gasteiger charge is 2.48. The Morgan fingerprint density at radius 2 is 1.61 bits per heavy atom. The van der Waals surface area contributed by atoms with Gasteiger partial charge in [0.25, 0.3) is 5.82 Å². The summed E-state index contributed by atoms with van der Waals surface area (Å²) >= 11 is 0. The maximum Gasteiger partial charge on any atom is 0.542 e. The largest absolute Gasteiger partial charge is 0.542 e. The molecule has 0 bridgehead atoms. The Balaban J connectivity index is 1.77. The number of hydrogen-bond acceptors (Lipinski definition) is 1. The van der Waals surface area contributed by atoms with E-state index < -0.39 is 0 Å². The van der Waals surface area contributed by atoms with E-state index in [2.05, 4.69) is 115 Å². The molecule has 3 heterocycles. The van der Waals surface area contributed by atoms with Gasteiger partial charge in [-0.15, -0.1) is 0 Å². The van der Waals surface area contributed by atoms with E-state index in [0.29, 0.717) is 5.92 Å². The molecule has 0 aliphatic carbocycles. The van der Waals surface area contributed by atoms with Crippen molar-refractivity contribution < 1.29 is 4.48 Å². The zero-order valence-corrected chi connectivity index (χ0v) is 20.0. The van der Waals surface area contributed by atoms with E-state index >= 15 is 0 Å². The van der Waals surface area contributed by atoms with Gasteiger partial charge in [0, 0.05) is 16.8 Å². The number of nitrogens with zero attached hydrogens (tertiary/aromatic N) is 3. The molecule has 164 valence electrons. The summed E-state index contributed by atoms with van der Waals surface area (Å²) in [6.07, 6.45) is 7.87. The molecule has 6 rings (SSSR count). The van der Waals surface area contributed by atoms with Crippen molar-refractivity contribution in [3.05, 3.63) is 95.3 Å². The van der Waals surface area contributed by atoms with E-state index in [-0.39, 0.29) is 6.98 Å². The van der Waals surface area contributed by atoms with Gasteiger partial charge < -0.3 is 4.81 Å². The number of para-hydroxylation sites is 1. The first-order valence-electron chi connectivity index (χ1n) is 12.2. The molecule has 0 atom stereocenters. The van der Waals surface area contributed by atoms with E-state index in [1.165, 1.54) is 56.9 Å². The Labute approximate surface area is 197 Å². The van der Waals surface area contributed by atoms with Crippen LogP contribution in [0.25, 0.3) is 11.4 Å². The predicted octanol–water partition coefficient (Wildman–Crippen LogP) is 5.30. The zero-order valence-electron chi connectivity index (χ0n) is 20.0. The minimum atomic E-state index is 0.0864. The molecule has 3 aromatic carbocycles. The summed E-state index contributed by atoms with van der Waals surface area (Å²) in [5.74, 6) is 1.75. The van der Waals surface area contributed by atoms with Crippen molar-refractivity contribution in [2.24, 2.45) is 7.05 Å². The summed E-state index contributed by atoms with van der Waals surface area (Å²) in [6, 6.07) is 22.8. The average Bonchev–Trinajstić information content (AvgIpc) is 3.22. The summed E-state index contributed by atoms with van der Waals surface area (Å²) in [5, 5.41) is 0. The van der Waals surface area contributed by atoms with Gasteiger partial charge in [-0.3, -0.25) is 4.48 Å². The number of anilines is 2. The molecule has 0 spiro atoms. The summed E-state index contributed by atoms with van der Waals surface area (Å²) in [6.45, 7) is 6.99. The van der Waals surface area contributed by atoms with E-state index in [1.54, 1.807) is 0 Å². The molecule has 0 saturated carbocycles. The summed E-state index contributed by atoms with van der Waals surface area (Å²) < 4.78 is 4.81. The fourth-order valence-electron chi connectivity index (χ4n) is 6.02. The second-order valence-electron chi connectivity index (χ2n) is 9.91. The molecule has 4 heteroatoms. The second-order valence-corrected chi connectivity index (χ2v) is 9.91. The van der Waals surface area contributed by atoms with E-state index in [4.69, 9.17) is 0 Å². The molecule has 4 aromatic rings. The number of fused-ring (bicyclic) bond motifs is 10. The molecule has 0 N–H and O–H groups in total. The van der Waals surface area contributed by atoms with Crippen LogP contribution in [0.15, 0.2) is 73.1 Å². The van der Waals surface area contributed by atoms with Gasteiger partial charge in [-0.1, -0.05) is 62.4 Å². The number of aryl methyl sites for hydroxylation is 4. The van der Waals surface area contributed by atoms with Crippen molar-refractivity contribution in [2.45, 2.75) is 46.0 Å². The smallest absolute Gasteiger partial charge is 0.338 e. The number of benzene rings is 3. The van der Waals surface area contributed by atoms with Crippen molar-refractivity contribution in [1.82, 2.24) is 4.57 Å². The van der Waals surface area contributed by atoms with Crippen molar-refractivity contribution in [2.75, 3.05) is 4.81 Å². The zero-order chi connectivity index (χ0) is 22.7. The van der Waals surface area contributed by atoms with Gasteiger partial charge in [0.1, 0.15) is 12.4 Å². The van der Waals surface area contributed by atoms with Gasteiger partial charge >= 0.3 is 6.98 Å².